The Kier molecular flexibility index (Phi) is 9.87. The summed E-state index contributed by atoms with van der Waals surface area (Å²) < 4.78 is 0. The van der Waals surface area contributed by atoms with E-state index in [-0.39, 0.29) is 36.5 Å². The van der Waals surface area contributed by atoms with Crippen molar-refractivity contribution in [1.29, 1.82) is 0 Å². The molecule has 0 aliphatic carbocycles. The number of rotatable bonds is 11. The molecular weight excluding hydrogens is 494 g/mol. The van der Waals surface area contributed by atoms with E-state index in [4.69, 9.17) is 5.73 Å². The van der Waals surface area contributed by atoms with E-state index in [1.54, 1.807) is 4.90 Å². The standard InChI is InChI=1S/C31H39N3O5/c32-25(19-23-12-5-2-6-13-23)21-26(35)20-24(18-22-10-3-1-4-11-22)29(36)33-17-9-15-27(33)30(37)34-16-8-7-14-28(34)31(38)39/h1-6,10-13,24-25,27-28H,7-9,14-21,32H2,(H,38,39)/t24-,25?,27+,28+/m1/s1. The first-order chi connectivity index (χ1) is 18.8. The van der Waals surface area contributed by atoms with Gasteiger partial charge in [-0.2, -0.15) is 0 Å². The Morgan fingerprint density at radius 2 is 1.36 bits per heavy atom. The molecule has 2 fully saturated rings. The van der Waals surface area contributed by atoms with E-state index in [0.717, 1.165) is 24.0 Å². The van der Waals surface area contributed by atoms with Gasteiger partial charge < -0.3 is 20.6 Å². The first-order valence-electron chi connectivity index (χ1n) is 14.0. The number of amides is 2. The minimum Gasteiger partial charge on any atom is -0.480 e. The van der Waals surface area contributed by atoms with Gasteiger partial charge in [-0.05, 0) is 56.1 Å². The molecule has 2 saturated heterocycles. The molecule has 8 nitrogen and oxygen atoms in total. The third-order valence-electron chi connectivity index (χ3n) is 7.87. The van der Waals surface area contributed by atoms with Crippen molar-refractivity contribution < 1.29 is 24.3 Å². The molecule has 4 atom stereocenters. The maximum Gasteiger partial charge on any atom is 0.326 e. The van der Waals surface area contributed by atoms with Gasteiger partial charge in [0.1, 0.15) is 17.9 Å². The lowest BCUT2D eigenvalue weighted by Crippen LogP contribution is -2.55. The summed E-state index contributed by atoms with van der Waals surface area (Å²) in [5, 5.41) is 9.67. The van der Waals surface area contributed by atoms with Gasteiger partial charge in [0, 0.05) is 37.9 Å². The number of carboxylic acid groups (broad SMARTS) is 1. The summed E-state index contributed by atoms with van der Waals surface area (Å²) in [6.45, 7) is 0.813. The molecule has 0 bridgehead atoms. The zero-order valence-electron chi connectivity index (χ0n) is 22.4. The average molecular weight is 534 g/mol. The highest BCUT2D eigenvalue weighted by Crippen LogP contribution is 2.28. The number of Topliss-reactive ketones (excluding diaryl/α,β-unsaturated/α-hetero) is 1. The van der Waals surface area contributed by atoms with E-state index >= 15 is 0 Å². The highest BCUT2D eigenvalue weighted by atomic mass is 16.4. The molecule has 3 N–H and O–H groups in total. The molecule has 2 aliphatic rings. The van der Waals surface area contributed by atoms with Crippen LogP contribution in [0.1, 0.15) is 56.1 Å². The van der Waals surface area contributed by atoms with Crippen LogP contribution in [0.25, 0.3) is 0 Å². The van der Waals surface area contributed by atoms with Crippen molar-refractivity contribution in [2.24, 2.45) is 11.7 Å². The van der Waals surface area contributed by atoms with Crippen LogP contribution in [0, 0.1) is 5.92 Å². The Balaban J connectivity index is 1.47. The second-order valence-electron chi connectivity index (χ2n) is 10.9. The molecule has 2 amide bonds. The number of carbonyl (C=O) groups is 4. The summed E-state index contributed by atoms with van der Waals surface area (Å²) in [5.74, 6) is -2.20. The van der Waals surface area contributed by atoms with Gasteiger partial charge in [0.15, 0.2) is 0 Å². The molecule has 4 rings (SSSR count). The molecule has 39 heavy (non-hydrogen) atoms. The fourth-order valence-corrected chi connectivity index (χ4v) is 5.95. The predicted molar refractivity (Wildman–Crippen MR) is 148 cm³/mol. The average Bonchev–Trinajstić information content (AvgIpc) is 3.43. The summed E-state index contributed by atoms with van der Waals surface area (Å²) in [5.41, 5.74) is 8.31. The number of piperidine rings is 1. The second kappa shape index (κ2) is 13.5. The Bertz CT molecular complexity index is 1140. The number of likely N-dealkylation sites (tertiary alicyclic amines) is 2. The fraction of sp³-hybridized carbons (Fsp3) is 0.484. The topological polar surface area (TPSA) is 121 Å². The summed E-state index contributed by atoms with van der Waals surface area (Å²) in [7, 11) is 0. The molecule has 2 heterocycles. The van der Waals surface area contributed by atoms with E-state index in [1.165, 1.54) is 4.90 Å². The lowest BCUT2D eigenvalue weighted by atomic mass is 9.90. The van der Waals surface area contributed by atoms with Crippen LogP contribution in [0.15, 0.2) is 60.7 Å². The smallest absolute Gasteiger partial charge is 0.326 e. The van der Waals surface area contributed by atoms with Gasteiger partial charge in [-0.1, -0.05) is 60.7 Å². The van der Waals surface area contributed by atoms with Crippen molar-refractivity contribution >= 4 is 23.6 Å². The minimum absolute atomic E-state index is 0.0507. The summed E-state index contributed by atoms with van der Waals surface area (Å²) in [6, 6.07) is 17.5. The third kappa shape index (κ3) is 7.53. The molecule has 2 aromatic carbocycles. The largest absolute Gasteiger partial charge is 0.480 e. The van der Waals surface area contributed by atoms with E-state index in [0.29, 0.717) is 45.2 Å². The Morgan fingerprint density at radius 1 is 0.769 bits per heavy atom. The number of aliphatic carboxylic acids is 1. The van der Waals surface area contributed by atoms with Crippen LogP contribution in [0.2, 0.25) is 0 Å². The SMILES string of the molecule is NC(CC(=O)C[C@@H](Cc1ccccc1)C(=O)N1CCC[C@H]1C(=O)N1CCCC[C@H]1C(=O)O)Cc1ccccc1. The number of carbonyl (C=O) groups excluding carboxylic acids is 3. The van der Waals surface area contributed by atoms with Gasteiger partial charge in [-0.15, -0.1) is 0 Å². The summed E-state index contributed by atoms with van der Waals surface area (Å²) in [4.78, 5) is 55.5. The monoisotopic (exact) mass is 533 g/mol. The van der Waals surface area contributed by atoms with Gasteiger partial charge in [0.05, 0.1) is 0 Å². The molecule has 1 unspecified atom stereocenters. The van der Waals surface area contributed by atoms with Gasteiger partial charge >= 0.3 is 5.97 Å². The molecular formula is C31H39N3O5. The van der Waals surface area contributed by atoms with Crippen molar-refractivity contribution in [1.82, 2.24) is 9.80 Å². The van der Waals surface area contributed by atoms with E-state index in [9.17, 15) is 24.3 Å². The second-order valence-corrected chi connectivity index (χ2v) is 10.9. The first-order valence-corrected chi connectivity index (χ1v) is 14.0. The number of hydrogen-bond donors (Lipinski definition) is 2. The third-order valence-corrected chi connectivity index (χ3v) is 7.87. The van der Waals surface area contributed by atoms with Gasteiger partial charge in [0.2, 0.25) is 11.8 Å². The number of carboxylic acids is 1. The Hall–Kier alpha value is -3.52. The molecule has 8 heteroatoms. The zero-order chi connectivity index (χ0) is 27.8. The number of benzene rings is 2. The fourth-order valence-electron chi connectivity index (χ4n) is 5.95. The van der Waals surface area contributed by atoms with Crippen LogP contribution in [-0.4, -0.2) is 69.7 Å². The molecule has 0 saturated carbocycles. The molecule has 2 aliphatic heterocycles. The predicted octanol–water partition coefficient (Wildman–Crippen LogP) is 3.22. The first kappa shape index (κ1) is 28.5. The van der Waals surface area contributed by atoms with Crippen molar-refractivity contribution in [2.75, 3.05) is 13.1 Å². The van der Waals surface area contributed by atoms with Crippen molar-refractivity contribution in [3.05, 3.63) is 71.8 Å². The number of hydrogen-bond acceptors (Lipinski definition) is 5. The highest BCUT2D eigenvalue weighted by molar-refractivity contribution is 5.93. The van der Waals surface area contributed by atoms with Crippen LogP contribution in [0.4, 0.5) is 0 Å². The molecule has 0 radical (unpaired) electrons. The van der Waals surface area contributed by atoms with Crippen molar-refractivity contribution in [3.8, 4) is 0 Å². The van der Waals surface area contributed by atoms with Crippen LogP contribution in [0.3, 0.4) is 0 Å². The van der Waals surface area contributed by atoms with Crippen molar-refractivity contribution in [3.63, 3.8) is 0 Å². The molecule has 208 valence electrons. The number of ketones is 1. The molecule has 0 aromatic heterocycles. The minimum atomic E-state index is -1.00. The van der Waals surface area contributed by atoms with E-state index in [2.05, 4.69) is 0 Å². The maximum absolute atomic E-state index is 13.9. The summed E-state index contributed by atoms with van der Waals surface area (Å²) in [6.07, 6.45) is 4.30. The van der Waals surface area contributed by atoms with Crippen LogP contribution < -0.4 is 5.73 Å². The normalized spacial score (nSPS) is 20.8. The zero-order valence-corrected chi connectivity index (χ0v) is 22.4. The number of nitrogens with zero attached hydrogens (tertiary/aromatic N) is 2. The lowest BCUT2D eigenvalue weighted by molar-refractivity contribution is -0.156. The van der Waals surface area contributed by atoms with Crippen molar-refractivity contribution in [2.45, 2.75) is 75.9 Å². The van der Waals surface area contributed by atoms with Gasteiger partial charge in [0.25, 0.3) is 0 Å². The van der Waals surface area contributed by atoms with Gasteiger partial charge in [-0.25, -0.2) is 4.79 Å². The van der Waals surface area contributed by atoms with E-state index < -0.39 is 24.0 Å². The van der Waals surface area contributed by atoms with Gasteiger partial charge in [-0.3, -0.25) is 14.4 Å². The Morgan fingerprint density at radius 3 is 2.00 bits per heavy atom. The van der Waals surface area contributed by atoms with Crippen LogP contribution >= 0.6 is 0 Å². The highest BCUT2D eigenvalue weighted by Gasteiger charge is 2.42. The van der Waals surface area contributed by atoms with E-state index in [1.807, 2.05) is 60.7 Å². The maximum atomic E-state index is 13.9. The quantitative estimate of drug-likeness (QED) is 0.458. The van der Waals surface area contributed by atoms with Crippen LogP contribution in [0.5, 0.6) is 0 Å². The van der Waals surface area contributed by atoms with Crippen LogP contribution in [-0.2, 0) is 32.0 Å². The number of nitrogens with two attached hydrogens (primary N) is 1. The lowest BCUT2D eigenvalue weighted by Gasteiger charge is -2.37. The molecule has 0 spiro atoms. The summed E-state index contributed by atoms with van der Waals surface area (Å²) >= 11 is 0. The Labute approximate surface area is 230 Å². The molecule has 2 aromatic rings.